The fourth-order valence-corrected chi connectivity index (χ4v) is 3.65. The third-order valence-electron chi connectivity index (χ3n) is 5.28. The molecule has 4 rings (SSSR count). The second-order valence-corrected chi connectivity index (χ2v) is 7.57. The molecule has 154 valence electrons. The van der Waals surface area contributed by atoms with Crippen LogP contribution in [0.3, 0.4) is 0 Å². The lowest BCUT2D eigenvalue weighted by Gasteiger charge is -2.27. The van der Waals surface area contributed by atoms with Crippen molar-refractivity contribution in [1.29, 1.82) is 0 Å². The lowest BCUT2D eigenvalue weighted by molar-refractivity contribution is -0.117. The molecule has 2 aliphatic heterocycles. The molecule has 2 N–H and O–H groups in total. The second-order valence-electron chi connectivity index (χ2n) is 7.57. The number of carbonyl (C=O) groups is 1. The van der Waals surface area contributed by atoms with Gasteiger partial charge in [-0.1, -0.05) is 18.2 Å². The third-order valence-corrected chi connectivity index (χ3v) is 5.28. The van der Waals surface area contributed by atoms with Gasteiger partial charge < -0.3 is 24.6 Å². The summed E-state index contributed by atoms with van der Waals surface area (Å²) in [6, 6.07) is 14.9. The zero-order chi connectivity index (χ0) is 20.1. The molecule has 1 saturated heterocycles. The van der Waals surface area contributed by atoms with Crippen LogP contribution in [0.15, 0.2) is 48.5 Å². The number of likely N-dealkylation sites (tertiary alicyclic amines) is 1. The summed E-state index contributed by atoms with van der Waals surface area (Å²) in [6.45, 7) is 2.15. The van der Waals surface area contributed by atoms with Crippen LogP contribution in [0.1, 0.15) is 19.3 Å². The summed E-state index contributed by atoms with van der Waals surface area (Å²) in [5.74, 6) is 1.99. The highest BCUT2D eigenvalue weighted by Gasteiger charge is 2.31. The predicted octanol–water partition coefficient (Wildman–Crippen LogP) is 2.65. The van der Waals surface area contributed by atoms with Crippen molar-refractivity contribution in [3.8, 4) is 17.2 Å². The van der Waals surface area contributed by atoms with Gasteiger partial charge >= 0.3 is 0 Å². The van der Waals surface area contributed by atoms with Crippen LogP contribution in [0.2, 0.25) is 0 Å². The van der Waals surface area contributed by atoms with E-state index in [0.29, 0.717) is 36.6 Å². The van der Waals surface area contributed by atoms with Crippen molar-refractivity contribution in [1.82, 2.24) is 4.90 Å². The first-order valence-corrected chi connectivity index (χ1v) is 9.92. The zero-order valence-electron chi connectivity index (χ0n) is 16.3. The third kappa shape index (κ3) is 5.19. The van der Waals surface area contributed by atoms with Crippen LogP contribution >= 0.6 is 0 Å². The molecule has 1 fully saturated rings. The Kier molecular flexibility index (Phi) is 5.87. The molecular weight excluding hydrogens is 372 g/mol. The molecule has 2 aromatic rings. The van der Waals surface area contributed by atoms with Gasteiger partial charge in [0.25, 0.3) is 0 Å². The van der Waals surface area contributed by atoms with E-state index in [9.17, 15) is 9.90 Å². The van der Waals surface area contributed by atoms with Crippen molar-refractivity contribution in [3.63, 3.8) is 0 Å². The van der Waals surface area contributed by atoms with Gasteiger partial charge in [-0.15, -0.1) is 0 Å². The number of ether oxygens (including phenoxy) is 3. The Bertz CT molecular complexity index is 844. The van der Waals surface area contributed by atoms with Crippen molar-refractivity contribution < 1.29 is 24.1 Å². The van der Waals surface area contributed by atoms with Gasteiger partial charge in [0.2, 0.25) is 12.7 Å². The lowest BCUT2D eigenvalue weighted by atomic mass is 9.96. The molecule has 0 spiro atoms. The predicted molar refractivity (Wildman–Crippen MR) is 108 cm³/mol. The molecular formula is C22H26N2O5. The van der Waals surface area contributed by atoms with Crippen molar-refractivity contribution >= 4 is 11.6 Å². The molecule has 2 aromatic carbocycles. The minimum absolute atomic E-state index is 0.0881. The SMILES string of the molecule is O=C(CN1CCCC(O)(COc2ccccc2)CC1)Nc1ccc2c(c1)OCO2. The highest BCUT2D eigenvalue weighted by atomic mass is 16.7. The van der Waals surface area contributed by atoms with Crippen molar-refractivity contribution in [2.45, 2.75) is 24.9 Å². The Morgan fingerprint density at radius 3 is 2.79 bits per heavy atom. The van der Waals surface area contributed by atoms with E-state index in [0.717, 1.165) is 18.7 Å². The first kappa shape index (κ1) is 19.5. The molecule has 0 aromatic heterocycles. The number of rotatable bonds is 6. The number of para-hydroxylation sites is 1. The van der Waals surface area contributed by atoms with E-state index in [-0.39, 0.29) is 25.9 Å². The number of hydrogen-bond donors (Lipinski definition) is 2. The van der Waals surface area contributed by atoms with Gasteiger partial charge in [0, 0.05) is 18.3 Å². The van der Waals surface area contributed by atoms with E-state index < -0.39 is 5.60 Å². The summed E-state index contributed by atoms with van der Waals surface area (Å²) >= 11 is 0. The Morgan fingerprint density at radius 2 is 1.93 bits per heavy atom. The van der Waals surface area contributed by atoms with E-state index in [1.54, 1.807) is 18.2 Å². The number of nitrogens with one attached hydrogen (secondary N) is 1. The summed E-state index contributed by atoms with van der Waals surface area (Å²) < 4.78 is 16.4. The zero-order valence-corrected chi connectivity index (χ0v) is 16.3. The molecule has 7 heteroatoms. The average molecular weight is 398 g/mol. The van der Waals surface area contributed by atoms with Gasteiger partial charge in [0.15, 0.2) is 11.5 Å². The van der Waals surface area contributed by atoms with Gasteiger partial charge in [0.05, 0.1) is 12.1 Å². The summed E-state index contributed by atoms with van der Waals surface area (Å²) in [5.41, 5.74) is -0.194. The Hall–Kier alpha value is -2.77. The van der Waals surface area contributed by atoms with Crippen LogP contribution in [-0.2, 0) is 4.79 Å². The molecule has 7 nitrogen and oxygen atoms in total. The standard InChI is InChI=1S/C22H26N2O5/c25-21(23-17-7-8-19-20(13-17)29-16-28-19)14-24-11-4-9-22(26,10-12-24)15-27-18-5-2-1-3-6-18/h1-3,5-8,13,26H,4,9-12,14-16H2,(H,23,25). The molecule has 1 unspecified atom stereocenters. The maximum absolute atomic E-state index is 12.5. The Labute approximate surface area is 170 Å². The molecule has 0 saturated carbocycles. The Morgan fingerprint density at radius 1 is 1.10 bits per heavy atom. The van der Waals surface area contributed by atoms with Gasteiger partial charge in [-0.05, 0) is 50.1 Å². The molecule has 1 amide bonds. The maximum Gasteiger partial charge on any atom is 0.238 e. The van der Waals surface area contributed by atoms with Gasteiger partial charge in [0.1, 0.15) is 12.4 Å². The van der Waals surface area contributed by atoms with E-state index >= 15 is 0 Å². The quantitative estimate of drug-likeness (QED) is 0.779. The van der Waals surface area contributed by atoms with Crippen LogP contribution in [0, 0.1) is 0 Å². The van der Waals surface area contributed by atoms with E-state index in [4.69, 9.17) is 14.2 Å². The van der Waals surface area contributed by atoms with E-state index in [2.05, 4.69) is 10.2 Å². The highest BCUT2D eigenvalue weighted by molar-refractivity contribution is 5.92. The first-order valence-electron chi connectivity index (χ1n) is 9.92. The number of hydrogen-bond acceptors (Lipinski definition) is 6. The van der Waals surface area contributed by atoms with Gasteiger partial charge in [-0.25, -0.2) is 0 Å². The van der Waals surface area contributed by atoms with Crippen LogP contribution < -0.4 is 19.5 Å². The molecule has 1 atom stereocenters. The number of anilines is 1. The fraction of sp³-hybridized carbons (Fsp3) is 0.409. The molecule has 2 aliphatic rings. The van der Waals surface area contributed by atoms with Crippen LogP contribution in [0.4, 0.5) is 5.69 Å². The highest BCUT2D eigenvalue weighted by Crippen LogP contribution is 2.34. The molecule has 0 radical (unpaired) electrons. The van der Waals surface area contributed by atoms with Gasteiger partial charge in [-0.2, -0.15) is 0 Å². The largest absolute Gasteiger partial charge is 0.491 e. The number of nitrogens with zero attached hydrogens (tertiary/aromatic N) is 1. The van der Waals surface area contributed by atoms with E-state index in [1.165, 1.54) is 0 Å². The fourth-order valence-electron chi connectivity index (χ4n) is 3.65. The van der Waals surface area contributed by atoms with Crippen molar-refractivity contribution in [3.05, 3.63) is 48.5 Å². The van der Waals surface area contributed by atoms with Crippen LogP contribution in [0.25, 0.3) is 0 Å². The Balaban J connectivity index is 1.26. The van der Waals surface area contributed by atoms with Crippen LogP contribution in [0.5, 0.6) is 17.2 Å². The number of carbonyl (C=O) groups excluding carboxylic acids is 1. The average Bonchev–Trinajstić information content (AvgIpc) is 3.11. The monoisotopic (exact) mass is 398 g/mol. The maximum atomic E-state index is 12.5. The number of fused-ring (bicyclic) bond motifs is 1. The molecule has 0 bridgehead atoms. The minimum atomic E-state index is -0.877. The normalized spacial score (nSPS) is 21.4. The number of amides is 1. The smallest absolute Gasteiger partial charge is 0.238 e. The van der Waals surface area contributed by atoms with Crippen LogP contribution in [-0.4, -0.2) is 54.5 Å². The molecule has 0 aliphatic carbocycles. The van der Waals surface area contributed by atoms with Crippen molar-refractivity contribution in [2.75, 3.05) is 38.4 Å². The summed E-state index contributed by atoms with van der Waals surface area (Å²) in [4.78, 5) is 14.5. The summed E-state index contributed by atoms with van der Waals surface area (Å²) in [6.07, 6.45) is 2.03. The summed E-state index contributed by atoms with van der Waals surface area (Å²) in [5, 5.41) is 13.8. The van der Waals surface area contributed by atoms with Gasteiger partial charge in [-0.3, -0.25) is 9.69 Å². The number of benzene rings is 2. The first-order chi connectivity index (χ1) is 14.1. The second kappa shape index (κ2) is 8.71. The minimum Gasteiger partial charge on any atom is -0.491 e. The molecule has 2 heterocycles. The summed E-state index contributed by atoms with van der Waals surface area (Å²) in [7, 11) is 0. The van der Waals surface area contributed by atoms with E-state index in [1.807, 2.05) is 30.3 Å². The number of aliphatic hydroxyl groups is 1. The molecule has 29 heavy (non-hydrogen) atoms. The lowest BCUT2D eigenvalue weighted by Crippen LogP contribution is -2.38. The van der Waals surface area contributed by atoms with Crippen molar-refractivity contribution in [2.24, 2.45) is 0 Å². The topological polar surface area (TPSA) is 80.3 Å².